The monoisotopic (exact) mass is 272 g/mol. The molecule has 1 heterocycles. The van der Waals surface area contributed by atoms with Gasteiger partial charge < -0.3 is 14.9 Å². The summed E-state index contributed by atoms with van der Waals surface area (Å²) in [7, 11) is 0. The van der Waals surface area contributed by atoms with Crippen LogP contribution in [0.4, 0.5) is 0 Å². The van der Waals surface area contributed by atoms with Gasteiger partial charge in [0.25, 0.3) is 0 Å². The second-order valence-corrected chi connectivity index (χ2v) is 4.23. The van der Waals surface area contributed by atoms with Crippen molar-refractivity contribution in [1.29, 1.82) is 0 Å². The minimum atomic E-state index is -1.84. The molecule has 4 nitrogen and oxygen atoms in total. The third-order valence-corrected chi connectivity index (χ3v) is 3.10. The van der Waals surface area contributed by atoms with Gasteiger partial charge >= 0.3 is 5.97 Å². The second-order valence-electron chi connectivity index (χ2n) is 3.38. The molecule has 15 heavy (non-hydrogen) atoms. The van der Waals surface area contributed by atoms with E-state index in [0.717, 1.165) is 0 Å². The molecule has 1 aromatic carbocycles. The van der Waals surface area contributed by atoms with Gasteiger partial charge in [-0.15, -0.1) is 0 Å². The Hall–Kier alpha value is -1.07. The van der Waals surface area contributed by atoms with E-state index in [1.165, 1.54) is 0 Å². The summed E-state index contributed by atoms with van der Waals surface area (Å²) in [5, 5.41) is 19.0. The first-order valence-corrected chi connectivity index (χ1v) is 5.22. The number of hydrogen-bond acceptors (Lipinski definition) is 3. The third-order valence-electron chi connectivity index (χ3n) is 2.48. The summed E-state index contributed by atoms with van der Waals surface area (Å²) in [4.78, 5) is 11.0. The van der Waals surface area contributed by atoms with Gasteiger partial charge in [0.2, 0.25) is 0 Å². The van der Waals surface area contributed by atoms with Crippen LogP contribution in [0.25, 0.3) is 0 Å². The molecule has 0 radical (unpaired) electrons. The summed E-state index contributed by atoms with van der Waals surface area (Å²) < 4.78 is 5.98. The van der Waals surface area contributed by atoms with Crippen LogP contribution >= 0.6 is 15.9 Å². The molecular weight excluding hydrogens is 264 g/mol. The van der Waals surface area contributed by atoms with Crippen molar-refractivity contribution in [2.24, 2.45) is 0 Å². The Morgan fingerprint density at radius 1 is 1.53 bits per heavy atom. The van der Waals surface area contributed by atoms with E-state index < -0.39 is 11.6 Å². The molecule has 1 aromatic rings. The smallest absolute Gasteiger partial charge is 0.340 e. The first-order valence-electron chi connectivity index (χ1n) is 4.43. The molecule has 0 aromatic heterocycles. The maximum atomic E-state index is 11.0. The summed E-state index contributed by atoms with van der Waals surface area (Å²) in [5.74, 6) is -0.834. The van der Waals surface area contributed by atoms with Crippen LogP contribution in [-0.2, 0) is 10.4 Å². The average molecular weight is 273 g/mol. The second kappa shape index (κ2) is 3.50. The minimum absolute atomic E-state index is 0.0613. The quantitative estimate of drug-likeness (QED) is 0.813. The van der Waals surface area contributed by atoms with E-state index in [1.807, 2.05) is 0 Å². The number of aliphatic carboxylic acids is 1. The van der Waals surface area contributed by atoms with Gasteiger partial charge in [-0.25, -0.2) is 4.79 Å². The van der Waals surface area contributed by atoms with Crippen LogP contribution in [0.2, 0.25) is 0 Å². The Morgan fingerprint density at radius 2 is 2.27 bits per heavy atom. The zero-order valence-electron chi connectivity index (χ0n) is 7.74. The fraction of sp³-hybridized carbons (Fsp3) is 0.300. The number of ether oxygens (including phenoxy) is 1. The standard InChI is InChI=1S/C10H9BrO4/c11-7-3-1-2-6-8(7)15-5-4-10(6,14)9(12)13/h1-3,14H,4-5H2,(H,12,13). The lowest BCUT2D eigenvalue weighted by Crippen LogP contribution is -2.40. The van der Waals surface area contributed by atoms with Gasteiger partial charge in [-0.1, -0.05) is 12.1 Å². The van der Waals surface area contributed by atoms with Crippen molar-refractivity contribution in [1.82, 2.24) is 0 Å². The Balaban J connectivity index is 2.61. The molecule has 0 saturated carbocycles. The topological polar surface area (TPSA) is 66.8 Å². The number of hydrogen-bond donors (Lipinski definition) is 2. The molecule has 5 heteroatoms. The van der Waals surface area contributed by atoms with Crippen molar-refractivity contribution in [2.45, 2.75) is 12.0 Å². The number of aliphatic hydroxyl groups is 1. The molecule has 0 amide bonds. The van der Waals surface area contributed by atoms with Crippen molar-refractivity contribution < 1.29 is 19.7 Å². The van der Waals surface area contributed by atoms with Gasteiger partial charge in [0.15, 0.2) is 5.60 Å². The van der Waals surface area contributed by atoms with E-state index in [4.69, 9.17) is 9.84 Å². The third kappa shape index (κ3) is 1.52. The number of fused-ring (bicyclic) bond motifs is 1. The summed E-state index contributed by atoms with van der Waals surface area (Å²) in [5.41, 5.74) is -1.53. The number of halogens is 1. The molecule has 1 atom stereocenters. The maximum absolute atomic E-state index is 11.0. The van der Waals surface area contributed by atoms with Gasteiger partial charge in [0, 0.05) is 12.0 Å². The maximum Gasteiger partial charge on any atom is 0.340 e. The molecule has 80 valence electrons. The normalized spacial score (nSPS) is 24.1. The van der Waals surface area contributed by atoms with E-state index in [1.54, 1.807) is 18.2 Å². The number of carboxylic acids is 1. The SMILES string of the molecule is O=C(O)C1(O)CCOc2c(Br)cccc21. The summed E-state index contributed by atoms with van der Waals surface area (Å²) in [6.45, 7) is 0.193. The fourth-order valence-electron chi connectivity index (χ4n) is 1.64. The van der Waals surface area contributed by atoms with Crippen LogP contribution in [0.5, 0.6) is 5.75 Å². The van der Waals surface area contributed by atoms with E-state index in [-0.39, 0.29) is 13.0 Å². The predicted octanol–water partition coefficient (Wildman–Crippen LogP) is 1.50. The molecule has 0 saturated heterocycles. The van der Waals surface area contributed by atoms with Gasteiger partial charge in [0.05, 0.1) is 11.1 Å². The predicted molar refractivity (Wildman–Crippen MR) is 55.8 cm³/mol. The molecule has 1 aliphatic rings. The van der Waals surface area contributed by atoms with Crippen molar-refractivity contribution in [3.8, 4) is 5.75 Å². The molecule has 0 spiro atoms. The van der Waals surface area contributed by atoms with Crippen molar-refractivity contribution >= 4 is 21.9 Å². The molecule has 1 aliphatic heterocycles. The van der Waals surface area contributed by atoms with Crippen molar-refractivity contribution in [2.75, 3.05) is 6.61 Å². The van der Waals surface area contributed by atoms with Crippen molar-refractivity contribution in [3.05, 3.63) is 28.2 Å². The highest BCUT2D eigenvalue weighted by atomic mass is 79.9. The Kier molecular flexibility index (Phi) is 2.44. The van der Waals surface area contributed by atoms with E-state index in [9.17, 15) is 9.90 Å². The van der Waals surface area contributed by atoms with Crippen LogP contribution in [0, 0.1) is 0 Å². The van der Waals surface area contributed by atoms with E-state index in [2.05, 4.69) is 15.9 Å². The highest BCUT2D eigenvalue weighted by Crippen LogP contribution is 2.41. The van der Waals surface area contributed by atoms with Gasteiger partial charge in [-0.2, -0.15) is 0 Å². The number of benzene rings is 1. The average Bonchev–Trinajstić information content (AvgIpc) is 2.20. The zero-order valence-corrected chi connectivity index (χ0v) is 9.32. The lowest BCUT2D eigenvalue weighted by atomic mass is 9.88. The molecule has 2 rings (SSSR count). The zero-order chi connectivity index (χ0) is 11.1. The van der Waals surface area contributed by atoms with Crippen molar-refractivity contribution in [3.63, 3.8) is 0 Å². The lowest BCUT2D eigenvalue weighted by molar-refractivity contribution is -0.162. The lowest BCUT2D eigenvalue weighted by Gasteiger charge is -2.31. The van der Waals surface area contributed by atoms with E-state index in [0.29, 0.717) is 15.8 Å². The molecule has 2 N–H and O–H groups in total. The fourth-order valence-corrected chi connectivity index (χ4v) is 2.12. The highest BCUT2D eigenvalue weighted by Gasteiger charge is 2.43. The van der Waals surface area contributed by atoms with Gasteiger partial charge in [-0.05, 0) is 22.0 Å². The number of carbonyl (C=O) groups is 1. The Bertz CT molecular complexity index is 418. The molecular formula is C10H9BrO4. The summed E-state index contributed by atoms with van der Waals surface area (Å²) in [6.07, 6.45) is 0.0613. The molecule has 0 fully saturated rings. The number of para-hydroxylation sites is 1. The van der Waals surface area contributed by atoms with Crippen LogP contribution in [0.3, 0.4) is 0 Å². The summed E-state index contributed by atoms with van der Waals surface area (Å²) in [6, 6.07) is 4.98. The van der Waals surface area contributed by atoms with Crippen LogP contribution < -0.4 is 4.74 Å². The highest BCUT2D eigenvalue weighted by molar-refractivity contribution is 9.10. The minimum Gasteiger partial charge on any atom is -0.492 e. The van der Waals surface area contributed by atoms with Crippen LogP contribution in [-0.4, -0.2) is 22.8 Å². The molecule has 1 unspecified atom stereocenters. The molecule has 0 aliphatic carbocycles. The van der Waals surface area contributed by atoms with Crippen LogP contribution in [0.1, 0.15) is 12.0 Å². The first-order chi connectivity index (χ1) is 7.05. The van der Waals surface area contributed by atoms with E-state index >= 15 is 0 Å². The number of carboxylic acid groups (broad SMARTS) is 1. The Morgan fingerprint density at radius 3 is 2.93 bits per heavy atom. The molecule has 0 bridgehead atoms. The van der Waals surface area contributed by atoms with Gasteiger partial charge in [-0.3, -0.25) is 0 Å². The largest absolute Gasteiger partial charge is 0.492 e. The summed E-state index contributed by atoms with van der Waals surface area (Å²) >= 11 is 3.25. The Labute approximate surface area is 94.6 Å². The van der Waals surface area contributed by atoms with Crippen LogP contribution in [0.15, 0.2) is 22.7 Å². The number of rotatable bonds is 1. The first kappa shape index (κ1) is 10.4. The van der Waals surface area contributed by atoms with Gasteiger partial charge in [0.1, 0.15) is 5.75 Å².